The summed E-state index contributed by atoms with van der Waals surface area (Å²) in [6.07, 6.45) is 4.55. The summed E-state index contributed by atoms with van der Waals surface area (Å²) in [5, 5.41) is 1.16. The minimum atomic E-state index is 0.312. The molecule has 1 unspecified atom stereocenters. The van der Waals surface area contributed by atoms with Crippen molar-refractivity contribution >= 4 is 16.6 Å². The third kappa shape index (κ3) is 2.56. The van der Waals surface area contributed by atoms with Crippen molar-refractivity contribution in [3.8, 4) is 5.75 Å². The van der Waals surface area contributed by atoms with Gasteiger partial charge in [0.05, 0.1) is 18.9 Å². The van der Waals surface area contributed by atoms with Crippen LogP contribution in [0.1, 0.15) is 18.4 Å². The van der Waals surface area contributed by atoms with Crippen LogP contribution in [0.3, 0.4) is 0 Å². The fraction of sp³-hybridized carbons (Fsp3) is 0.471. The van der Waals surface area contributed by atoms with E-state index >= 15 is 0 Å². The summed E-state index contributed by atoms with van der Waals surface area (Å²) in [6.45, 7) is 4.13. The number of para-hydroxylation sites is 1. The van der Waals surface area contributed by atoms with Crippen LogP contribution in [0.15, 0.2) is 24.4 Å². The highest BCUT2D eigenvalue weighted by Crippen LogP contribution is 2.35. The van der Waals surface area contributed by atoms with Crippen LogP contribution >= 0.6 is 0 Å². The van der Waals surface area contributed by atoms with Crippen molar-refractivity contribution in [3.63, 3.8) is 0 Å². The second-order valence-corrected chi connectivity index (χ2v) is 5.59. The van der Waals surface area contributed by atoms with Gasteiger partial charge in [0.2, 0.25) is 0 Å². The fourth-order valence-corrected chi connectivity index (χ4v) is 3.20. The van der Waals surface area contributed by atoms with Gasteiger partial charge in [0.15, 0.2) is 0 Å². The summed E-state index contributed by atoms with van der Waals surface area (Å²) in [6, 6.07) is 6.12. The zero-order chi connectivity index (χ0) is 14.8. The molecule has 3 rings (SSSR count). The van der Waals surface area contributed by atoms with Crippen molar-refractivity contribution in [2.24, 2.45) is 0 Å². The van der Waals surface area contributed by atoms with E-state index in [1.807, 2.05) is 18.3 Å². The summed E-state index contributed by atoms with van der Waals surface area (Å²) < 4.78 is 11.0. The van der Waals surface area contributed by atoms with Gasteiger partial charge in [0.25, 0.3) is 0 Å². The number of ether oxygens (including phenoxy) is 2. The quantitative estimate of drug-likeness (QED) is 0.868. The maximum Gasteiger partial charge on any atom is 0.145 e. The smallest absolute Gasteiger partial charge is 0.145 e. The van der Waals surface area contributed by atoms with Crippen LogP contribution in [-0.2, 0) is 4.74 Å². The van der Waals surface area contributed by atoms with Gasteiger partial charge in [-0.1, -0.05) is 12.1 Å². The number of nitrogens with zero attached hydrogens (tertiary/aromatic N) is 2. The van der Waals surface area contributed by atoms with Crippen LogP contribution in [0.25, 0.3) is 10.9 Å². The minimum absolute atomic E-state index is 0.312. The van der Waals surface area contributed by atoms with Gasteiger partial charge in [-0.3, -0.25) is 4.98 Å². The fourth-order valence-electron chi connectivity index (χ4n) is 3.20. The van der Waals surface area contributed by atoms with Crippen LogP contribution in [-0.4, -0.2) is 38.4 Å². The number of benzene rings is 1. The van der Waals surface area contributed by atoms with Gasteiger partial charge in [-0.15, -0.1) is 0 Å². The molecule has 0 amide bonds. The first-order valence-corrected chi connectivity index (χ1v) is 7.44. The highest BCUT2D eigenvalue weighted by Gasteiger charge is 2.23. The molecule has 1 atom stereocenters. The summed E-state index contributed by atoms with van der Waals surface area (Å²) in [7, 11) is 3.49. The minimum Gasteiger partial charge on any atom is -0.494 e. The summed E-state index contributed by atoms with van der Waals surface area (Å²) in [5.74, 6) is 0.828. The van der Waals surface area contributed by atoms with Crippen LogP contribution in [0.2, 0.25) is 0 Å². The van der Waals surface area contributed by atoms with Crippen molar-refractivity contribution in [1.82, 2.24) is 4.98 Å². The number of rotatable bonds is 3. The van der Waals surface area contributed by atoms with E-state index in [1.54, 1.807) is 14.2 Å². The molecule has 1 fully saturated rings. The lowest BCUT2D eigenvalue weighted by Crippen LogP contribution is -2.39. The van der Waals surface area contributed by atoms with Gasteiger partial charge >= 0.3 is 0 Å². The van der Waals surface area contributed by atoms with E-state index in [2.05, 4.69) is 22.9 Å². The van der Waals surface area contributed by atoms with Gasteiger partial charge in [-0.05, 0) is 31.4 Å². The Kier molecular flexibility index (Phi) is 3.97. The topological polar surface area (TPSA) is 34.6 Å². The molecule has 2 heterocycles. The zero-order valence-corrected chi connectivity index (χ0v) is 12.9. The first-order valence-electron chi connectivity index (χ1n) is 7.44. The van der Waals surface area contributed by atoms with E-state index in [0.29, 0.717) is 6.10 Å². The first kappa shape index (κ1) is 14.1. The van der Waals surface area contributed by atoms with E-state index < -0.39 is 0 Å². The Morgan fingerprint density at radius 3 is 2.90 bits per heavy atom. The lowest BCUT2D eigenvalue weighted by molar-refractivity contribution is 0.0894. The molecular formula is C17H22N2O2. The third-order valence-corrected chi connectivity index (χ3v) is 4.26. The molecule has 0 radical (unpaired) electrons. The van der Waals surface area contributed by atoms with Crippen LogP contribution in [0.4, 0.5) is 5.69 Å². The molecule has 1 aromatic carbocycles. The molecule has 1 aromatic heterocycles. The van der Waals surface area contributed by atoms with Gasteiger partial charge < -0.3 is 14.4 Å². The van der Waals surface area contributed by atoms with E-state index in [0.717, 1.165) is 42.6 Å². The predicted molar refractivity (Wildman–Crippen MR) is 85.3 cm³/mol. The molecule has 112 valence electrons. The standard InChI is InChI=1S/C17H22N2O2/c1-12-10-18-16-14(7-4-8-15(16)21-3)17(12)19-9-5-6-13(11-19)20-2/h4,7-8,10,13H,5-6,9,11H2,1-3H3. The highest BCUT2D eigenvalue weighted by atomic mass is 16.5. The average molecular weight is 286 g/mol. The highest BCUT2D eigenvalue weighted by molar-refractivity contribution is 5.96. The number of pyridine rings is 1. The molecule has 0 spiro atoms. The predicted octanol–water partition coefficient (Wildman–Crippen LogP) is 3.17. The largest absolute Gasteiger partial charge is 0.494 e. The Morgan fingerprint density at radius 2 is 2.14 bits per heavy atom. The zero-order valence-electron chi connectivity index (χ0n) is 12.9. The van der Waals surface area contributed by atoms with E-state index in [1.165, 1.54) is 11.3 Å². The van der Waals surface area contributed by atoms with Gasteiger partial charge in [0, 0.05) is 31.8 Å². The molecule has 0 N–H and O–H groups in total. The number of aromatic nitrogens is 1. The molecule has 4 heteroatoms. The number of methoxy groups -OCH3 is 2. The first-order chi connectivity index (χ1) is 10.2. The van der Waals surface area contributed by atoms with Crippen molar-refractivity contribution in [3.05, 3.63) is 30.0 Å². The van der Waals surface area contributed by atoms with Gasteiger partial charge in [-0.25, -0.2) is 0 Å². The van der Waals surface area contributed by atoms with Gasteiger partial charge in [-0.2, -0.15) is 0 Å². The molecule has 1 aliphatic rings. The van der Waals surface area contributed by atoms with Crippen molar-refractivity contribution in [1.29, 1.82) is 0 Å². The lowest BCUT2D eigenvalue weighted by atomic mass is 10.0. The van der Waals surface area contributed by atoms with Gasteiger partial charge in [0.1, 0.15) is 11.3 Å². The Labute approximate surface area is 125 Å². The molecule has 0 bridgehead atoms. The number of hydrogen-bond acceptors (Lipinski definition) is 4. The molecular weight excluding hydrogens is 264 g/mol. The normalized spacial score (nSPS) is 19.0. The van der Waals surface area contributed by atoms with E-state index in [-0.39, 0.29) is 0 Å². The molecule has 0 saturated carbocycles. The number of anilines is 1. The Morgan fingerprint density at radius 1 is 1.29 bits per heavy atom. The third-order valence-electron chi connectivity index (χ3n) is 4.26. The van der Waals surface area contributed by atoms with E-state index in [4.69, 9.17) is 9.47 Å². The van der Waals surface area contributed by atoms with Crippen LogP contribution < -0.4 is 9.64 Å². The average Bonchev–Trinajstić information content (AvgIpc) is 2.54. The number of hydrogen-bond donors (Lipinski definition) is 0. The number of fused-ring (bicyclic) bond motifs is 1. The molecule has 21 heavy (non-hydrogen) atoms. The molecule has 1 aliphatic heterocycles. The second-order valence-electron chi connectivity index (χ2n) is 5.59. The van der Waals surface area contributed by atoms with Crippen molar-refractivity contribution in [2.45, 2.75) is 25.9 Å². The van der Waals surface area contributed by atoms with Crippen molar-refractivity contribution in [2.75, 3.05) is 32.2 Å². The van der Waals surface area contributed by atoms with Crippen LogP contribution in [0.5, 0.6) is 5.75 Å². The maximum atomic E-state index is 5.56. The number of piperidine rings is 1. The lowest BCUT2D eigenvalue weighted by Gasteiger charge is -2.35. The maximum absolute atomic E-state index is 5.56. The summed E-state index contributed by atoms with van der Waals surface area (Å²) in [5.41, 5.74) is 3.40. The summed E-state index contributed by atoms with van der Waals surface area (Å²) >= 11 is 0. The number of aryl methyl sites for hydroxylation is 1. The Balaban J connectivity index is 2.10. The SMILES string of the molecule is COc1cccc2c(N3CCCC(OC)C3)c(C)cnc12. The second kappa shape index (κ2) is 5.90. The molecule has 4 nitrogen and oxygen atoms in total. The molecule has 1 saturated heterocycles. The Hall–Kier alpha value is -1.81. The Bertz CT molecular complexity index is 642. The van der Waals surface area contributed by atoms with E-state index in [9.17, 15) is 0 Å². The van der Waals surface area contributed by atoms with Crippen LogP contribution in [0, 0.1) is 6.92 Å². The van der Waals surface area contributed by atoms with Crippen molar-refractivity contribution < 1.29 is 9.47 Å². The monoisotopic (exact) mass is 286 g/mol. The molecule has 0 aliphatic carbocycles. The molecule has 2 aromatic rings. The summed E-state index contributed by atoms with van der Waals surface area (Å²) in [4.78, 5) is 6.99.